The summed E-state index contributed by atoms with van der Waals surface area (Å²) in [5, 5.41) is 3.80. The average Bonchev–Trinajstić information content (AvgIpc) is 3.03. The van der Waals surface area contributed by atoms with E-state index in [9.17, 15) is 13.2 Å². The highest BCUT2D eigenvalue weighted by atomic mass is 35.5. The van der Waals surface area contributed by atoms with Gasteiger partial charge in [-0.2, -0.15) is 0 Å². The molecule has 0 aliphatic heterocycles. The van der Waals surface area contributed by atoms with E-state index in [4.69, 9.17) is 11.6 Å². The van der Waals surface area contributed by atoms with Crippen LogP contribution in [0.15, 0.2) is 47.4 Å². The fourth-order valence-corrected chi connectivity index (χ4v) is 5.21. The molecule has 0 bridgehead atoms. The van der Waals surface area contributed by atoms with Crippen molar-refractivity contribution in [3.05, 3.63) is 53.1 Å². The van der Waals surface area contributed by atoms with Crippen LogP contribution in [0.1, 0.15) is 38.2 Å². The van der Waals surface area contributed by atoms with Gasteiger partial charge in [-0.15, -0.1) is 0 Å². The van der Waals surface area contributed by atoms with E-state index < -0.39 is 9.84 Å². The molecule has 3 aromatic rings. The Morgan fingerprint density at radius 2 is 1.89 bits per heavy atom. The van der Waals surface area contributed by atoms with Gasteiger partial charge in [0.2, 0.25) is 5.91 Å². The number of hydrogen-bond donors (Lipinski definition) is 1. The summed E-state index contributed by atoms with van der Waals surface area (Å²) in [5.41, 5.74) is 2.05. The van der Waals surface area contributed by atoms with E-state index in [1.807, 2.05) is 18.2 Å². The Kier molecular flexibility index (Phi) is 6.37. The largest absolute Gasteiger partial charge is 0.302 e. The van der Waals surface area contributed by atoms with Crippen LogP contribution in [0, 0.1) is 0 Å². The van der Waals surface area contributed by atoms with Crippen LogP contribution in [-0.4, -0.2) is 25.1 Å². The van der Waals surface area contributed by atoms with Crippen LogP contribution < -0.4 is 5.32 Å². The summed E-state index contributed by atoms with van der Waals surface area (Å²) in [5.74, 6) is 0.00300. The molecule has 0 radical (unpaired) electrons. The molecule has 1 amide bonds. The minimum atomic E-state index is -3.43. The van der Waals surface area contributed by atoms with Crippen LogP contribution in [-0.2, 0) is 14.6 Å². The number of amides is 1. The molecule has 0 aliphatic carbocycles. The number of hydrogen-bond acceptors (Lipinski definition) is 5. The lowest BCUT2D eigenvalue weighted by Gasteiger charge is -2.05. The number of carbonyl (C=O) groups excluding carboxylic acids is 1. The Hall–Kier alpha value is -1.96. The van der Waals surface area contributed by atoms with Crippen molar-refractivity contribution < 1.29 is 13.2 Å². The van der Waals surface area contributed by atoms with Gasteiger partial charge >= 0.3 is 0 Å². The molecule has 0 fully saturated rings. The Morgan fingerprint density at radius 1 is 1.18 bits per heavy atom. The molecule has 0 saturated heterocycles. The van der Waals surface area contributed by atoms with Gasteiger partial charge in [0.05, 0.1) is 20.9 Å². The molecule has 0 atom stereocenters. The molecule has 1 N–H and O–H groups in total. The zero-order valence-corrected chi connectivity index (χ0v) is 18.0. The highest BCUT2D eigenvalue weighted by molar-refractivity contribution is 7.91. The first-order valence-electron chi connectivity index (χ1n) is 8.94. The maximum atomic E-state index is 12.3. The van der Waals surface area contributed by atoms with E-state index in [1.54, 1.807) is 12.1 Å². The van der Waals surface area contributed by atoms with Crippen molar-refractivity contribution in [1.29, 1.82) is 0 Å². The second kappa shape index (κ2) is 8.59. The van der Waals surface area contributed by atoms with E-state index in [0.29, 0.717) is 16.1 Å². The zero-order valence-electron chi connectivity index (χ0n) is 15.6. The summed E-state index contributed by atoms with van der Waals surface area (Å²) in [6.07, 6.45) is 0.346. The third-order valence-electron chi connectivity index (χ3n) is 4.31. The van der Waals surface area contributed by atoms with E-state index in [-0.39, 0.29) is 29.4 Å². The highest BCUT2D eigenvalue weighted by Crippen LogP contribution is 2.31. The van der Waals surface area contributed by atoms with Crippen LogP contribution in [0.5, 0.6) is 0 Å². The van der Waals surface area contributed by atoms with E-state index in [1.165, 1.54) is 23.5 Å². The molecule has 3 rings (SSSR count). The average molecular weight is 437 g/mol. The van der Waals surface area contributed by atoms with Gasteiger partial charge in [-0.05, 0) is 48.2 Å². The number of fused-ring (bicyclic) bond motifs is 1. The van der Waals surface area contributed by atoms with E-state index in [2.05, 4.69) is 24.1 Å². The Balaban J connectivity index is 1.59. The monoisotopic (exact) mass is 436 g/mol. The van der Waals surface area contributed by atoms with E-state index >= 15 is 0 Å². The number of para-hydroxylation sites is 1. The summed E-state index contributed by atoms with van der Waals surface area (Å²) >= 11 is 7.21. The molecule has 0 unspecified atom stereocenters. The van der Waals surface area contributed by atoms with Crippen LogP contribution >= 0.6 is 22.9 Å². The van der Waals surface area contributed by atoms with Crippen molar-refractivity contribution in [1.82, 2.24) is 4.98 Å². The second-order valence-corrected chi connectivity index (χ2v) is 10.4. The van der Waals surface area contributed by atoms with Crippen molar-refractivity contribution in [3.8, 4) is 0 Å². The molecule has 2 aromatic carbocycles. The van der Waals surface area contributed by atoms with Crippen LogP contribution in [0.3, 0.4) is 0 Å². The topological polar surface area (TPSA) is 76.1 Å². The number of aromatic nitrogens is 1. The van der Waals surface area contributed by atoms with Crippen molar-refractivity contribution >= 4 is 54.0 Å². The maximum Gasteiger partial charge on any atom is 0.226 e. The van der Waals surface area contributed by atoms with E-state index in [0.717, 1.165) is 15.8 Å². The Morgan fingerprint density at radius 3 is 2.57 bits per heavy atom. The molecular weight excluding hydrogens is 416 g/mol. The Bertz CT molecular complexity index is 1090. The molecular formula is C20H21ClN2O3S2. The normalized spacial score (nSPS) is 11.9. The standard InChI is InChI=1S/C20H21ClN2O3S2/c1-13(2)16-5-3-6-17-19(16)23-20(27-17)22-18(24)7-4-12-28(25,26)15-10-8-14(21)9-11-15/h3,5-6,8-11,13H,4,7,12H2,1-2H3,(H,22,23,24). The molecule has 0 aliphatic rings. The van der Waals surface area contributed by atoms with Crippen molar-refractivity contribution in [3.63, 3.8) is 0 Å². The quantitative estimate of drug-likeness (QED) is 0.547. The number of halogens is 1. The molecule has 1 aromatic heterocycles. The SMILES string of the molecule is CC(C)c1cccc2sc(NC(=O)CCCS(=O)(=O)c3ccc(Cl)cc3)nc12. The van der Waals surface area contributed by atoms with Crippen LogP contribution in [0.2, 0.25) is 5.02 Å². The zero-order chi connectivity index (χ0) is 20.3. The first-order valence-corrected chi connectivity index (χ1v) is 11.8. The van der Waals surface area contributed by atoms with Crippen LogP contribution in [0.4, 0.5) is 5.13 Å². The van der Waals surface area contributed by atoms with Crippen molar-refractivity contribution in [2.24, 2.45) is 0 Å². The summed E-state index contributed by atoms with van der Waals surface area (Å²) in [4.78, 5) is 17.0. The van der Waals surface area contributed by atoms with Crippen LogP contribution in [0.25, 0.3) is 10.2 Å². The van der Waals surface area contributed by atoms with Gasteiger partial charge in [-0.3, -0.25) is 4.79 Å². The highest BCUT2D eigenvalue weighted by Gasteiger charge is 2.16. The number of nitrogens with zero attached hydrogens (tertiary/aromatic N) is 1. The predicted molar refractivity (Wildman–Crippen MR) is 115 cm³/mol. The predicted octanol–water partition coefficient (Wildman–Crippen LogP) is 5.27. The molecule has 0 saturated carbocycles. The third-order valence-corrected chi connectivity index (χ3v) is 7.31. The molecule has 5 nitrogen and oxygen atoms in total. The van der Waals surface area contributed by atoms with Gasteiger partial charge in [-0.25, -0.2) is 13.4 Å². The van der Waals surface area contributed by atoms with Gasteiger partial charge in [-0.1, -0.05) is 48.9 Å². The van der Waals surface area contributed by atoms with Gasteiger partial charge in [0, 0.05) is 11.4 Å². The number of anilines is 1. The lowest BCUT2D eigenvalue weighted by Crippen LogP contribution is -2.14. The lowest BCUT2D eigenvalue weighted by molar-refractivity contribution is -0.116. The minimum absolute atomic E-state index is 0.0978. The minimum Gasteiger partial charge on any atom is -0.302 e. The number of nitrogens with one attached hydrogen (secondary N) is 1. The molecule has 1 heterocycles. The molecule has 8 heteroatoms. The maximum absolute atomic E-state index is 12.3. The number of thiazole rings is 1. The number of sulfone groups is 1. The smallest absolute Gasteiger partial charge is 0.226 e. The summed E-state index contributed by atoms with van der Waals surface area (Å²) in [6.45, 7) is 4.21. The molecule has 148 valence electrons. The Labute approximate surface area is 173 Å². The second-order valence-electron chi connectivity index (χ2n) is 6.79. The van der Waals surface area contributed by atoms with Gasteiger partial charge in [0.15, 0.2) is 15.0 Å². The third kappa shape index (κ3) is 4.90. The molecule has 28 heavy (non-hydrogen) atoms. The summed E-state index contributed by atoms with van der Waals surface area (Å²) < 4.78 is 25.7. The first-order chi connectivity index (χ1) is 13.3. The first kappa shape index (κ1) is 20.8. The van der Waals surface area contributed by atoms with Crippen molar-refractivity contribution in [2.75, 3.05) is 11.1 Å². The lowest BCUT2D eigenvalue weighted by atomic mass is 10.0. The van der Waals surface area contributed by atoms with Crippen molar-refractivity contribution in [2.45, 2.75) is 37.5 Å². The van der Waals surface area contributed by atoms with Gasteiger partial charge in [0.1, 0.15) is 0 Å². The van der Waals surface area contributed by atoms with Gasteiger partial charge < -0.3 is 5.32 Å². The number of carbonyl (C=O) groups is 1. The molecule has 0 spiro atoms. The summed E-state index contributed by atoms with van der Waals surface area (Å²) in [6, 6.07) is 12.0. The number of rotatable bonds is 7. The summed E-state index contributed by atoms with van der Waals surface area (Å²) in [7, 11) is -3.43. The van der Waals surface area contributed by atoms with Gasteiger partial charge in [0.25, 0.3) is 0 Å². The number of benzene rings is 2. The fraction of sp³-hybridized carbons (Fsp3) is 0.300. The fourth-order valence-electron chi connectivity index (χ4n) is 2.85.